The maximum absolute atomic E-state index is 5.54. The Kier molecular flexibility index (Phi) is 6.57. The van der Waals surface area contributed by atoms with Crippen LogP contribution in [0.25, 0.3) is 0 Å². The molecule has 0 aliphatic heterocycles. The molecule has 0 saturated heterocycles. The molecule has 0 aromatic rings. The van der Waals surface area contributed by atoms with Crippen molar-refractivity contribution in [3.05, 3.63) is 0 Å². The average molecular weight is 251 g/mol. The fourth-order valence-electron chi connectivity index (χ4n) is 0.265. The van der Waals surface area contributed by atoms with Crippen LogP contribution in [0.4, 0.5) is 0 Å². The van der Waals surface area contributed by atoms with Gasteiger partial charge >= 0.3 is 0 Å². The van der Waals surface area contributed by atoms with Crippen LogP contribution >= 0.6 is 61.7 Å². The number of hydrogen-bond donors (Lipinski definition) is 2. The second-order valence-corrected chi connectivity index (χ2v) is 8.14. The Morgan fingerprint density at radius 1 is 1.11 bits per heavy atom. The van der Waals surface area contributed by atoms with E-state index in [1.165, 1.54) is 0 Å². The minimum absolute atomic E-state index is 0.692. The van der Waals surface area contributed by atoms with Crippen molar-refractivity contribution in [2.45, 2.75) is 6.92 Å². The van der Waals surface area contributed by atoms with Gasteiger partial charge in [0.25, 0.3) is 0 Å². The first kappa shape index (κ1) is 10.8. The van der Waals surface area contributed by atoms with Gasteiger partial charge in [-0.1, -0.05) is 6.92 Å². The van der Waals surface area contributed by atoms with Crippen molar-refractivity contribution in [1.82, 2.24) is 3.71 Å². The quantitative estimate of drug-likeness (QED) is 0.722. The molecule has 9 heavy (non-hydrogen) atoms. The van der Waals surface area contributed by atoms with Crippen LogP contribution in [0.15, 0.2) is 0 Å². The Morgan fingerprint density at radius 3 is 1.44 bits per heavy atom. The minimum atomic E-state index is -1.16. The summed E-state index contributed by atoms with van der Waals surface area (Å²) in [6, 6.07) is 0. The molecule has 1 nitrogen and oxygen atoms in total. The van der Waals surface area contributed by atoms with E-state index in [2.05, 4.69) is 0 Å². The van der Waals surface area contributed by atoms with Crippen molar-refractivity contribution in [1.29, 1.82) is 0 Å². The van der Waals surface area contributed by atoms with Gasteiger partial charge in [0.1, 0.15) is 0 Å². The van der Waals surface area contributed by atoms with Gasteiger partial charge in [0.05, 0.1) is 0 Å². The van der Waals surface area contributed by atoms with Gasteiger partial charge in [0.15, 0.2) is 0 Å². The van der Waals surface area contributed by atoms with E-state index in [0.29, 0.717) is 6.54 Å². The van der Waals surface area contributed by atoms with E-state index >= 15 is 0 Å². The summed E-state index contributed by atoms with van der Waals surface area (Å²) in [5.41, 5.74) is 0. The van der Waals surface area contributed by atoms with Gasteiger partial charge in [0, 0.05) is 6.54 Å². The summed E-state index contributed by atoms with van der Waals surface area (Å²) in [5.74, 6) is 0. The Hall–Kier alpha value is 1.82. The largest absolute Gasteiger partial charge is 0.186 e. The van der Waals surface area contributed by atoms with E-state index in [0.717, 1.165) is 0 Å². The van der Waals surface area contributed by atoms with Crippen molar-refractivity contribution in [3.63, 3.8) is 0 Å². The van der Waals surface area contributed by atoms with Gasteiger partial charge in [-0.05, 0) is 61.7 Å². The van der Waals surface area contributed by atoms with Gasteiger partial charge in [-0.15, -0.1) is 0 Å². The lowest BCUT2D eigenvalue weighted by molar-refractivity contribution is 0.797. The molecule has 0 aliphatic carbocycles. The van der Waals surface area contributed by atoms with E-state index in [1.54, 1.807) is 3.71 Å². The fraction of sp³-hybridized carbons (Fsp3) is 1.00. The number of nitrogens with zero attached hydrogens (tertiary/aromatic N) is 1. The van der Waals surface area contributed by atoms with E-state index in [-0.39, 0.29) is 0 Å². The molecule has 0 aromatic carbocycles. The van der Waals surface area contributed by atoms with Crippen molar-refractivity contribution in [2.75, 3.05) is 6.54 Å². The molecule has 7 heteroatoms. The normalized spacial score (nSPS) is 14.0. The number of thiol groups is 2. The second kappa shape index (κ2) is 5.47. The smallest absolute Gasteiger partial charge is 0.0181 e. The number of hydrogen-bond acceptors (Lipinski definition) is 1. The molecule has 0 fully saturated rings. The topological polar surface area (TPSA) is 3.24 Å². The highest BCUT2D eigenvalue weighted by atomic mass is 36.0. The zero-order valence-corrected chi connectivity index (χ0v) is 9.37. The van der Waals surface area contributed by atoms with Crippen molar-refractivity contribution >= 4 is 61.7 Å². The van der Waals surface area contributed by atoms with Gasteiger partial charge in [-0.2, -0.15) is 3.71 Å². The molecule has 0 rings (SSSR count). The third-order valence-corrected chi connectivity index (χ3v) is 6.42. The molecule has 0 heterocycles. The highest BCUT2D eigenvalue weighted by Crippen LogP contribution is 2.55. The van der Waals surface area contributed by atoms with Crippen LogP contribution in [0, 0.1) is 0 Å². The van der Waals surface area contributed by atoms with Gasteiger partial charge < -0.3 is 0 Å². The predicted octanol–water partition coefficient (Wildman–Crippen LogP) is 3.76. The Morgan fingerprint density at radius 2 is 1.44 bits per heavy atom. The van der Waals surface area contributed by atoms with Gasteiger partial charge in [-0.3, -0.25) is 0 Å². The highest BCUT2D eigenvalue weighted by Gasteiger charge is 2.11. The molecule has 0 aromatic heterocycles. The molecule has 60 valence electrons. The molecule has 0 atom stereocenters. The van der Waals surface area contributed by atoms with Crippen LogP contribution in [0.3, 0.4) is 0 Å². The molecular weight excluding hydrogens is 244 g/mol. The zero-order chi connectivity index (χ0) is 7.44. The number of rotatable bonds is 3. The van der Waals surface area contributed by atoms with Crippen LogP contribution in [-0.2, 0) is 0 Å². The lowest BCUT2D eigenvalue weighted by atomic mass is 10.8. The summed E-state index contributed by atoms with van der Waals surface area (Å²) < 4.78 is 1.65. The monoisotopic (exact) mass is 249 g/mol. The lowest BCUT2D eigenvalue weighted by Crippen LogP contribution is -2.05. The predicted molar refractivity (Wildman–Crippen MR) is 53.8 cm³/mol. The SMILES string of the molecule is CCN([SH](Cl)Cl)[SH](Cl)Cl. The Balaban J connectivity index is 3.68. The lowest BCUT2D eigenvalue weighted by Gasteiger charge is -2.25. The molecule has 0 radical (unpaired) electrons. The summed E-state index contributed by atoms with van der Waals surface area (Å²) >= 11 is 0. The second-order valence-electron chi connectivity index (χ2n) is 1.12. The van der Waals surface area contributed by atoms with E-state index in [9.17, 15) is 0 Å². The highest BCUT2D eigenvalue weighted by molar-refractivity contribution is 8.62. The first-order chi connectivity index (χ1) is 4.09. The summed E-state index contributed by atoms with van der Waals surface area (Å²) in [6.07, 6.45) is 0. The van der Waals surface area contributed by atoms with E-state index in [1.807, 2.05) is 6.92 Å². The maximum atomic E-state index is 5.54. The molecule has 0 bridgehead atoms. The molecule has 0 unspecified atom stereocenters. The molecule has 0 aliphatic rings. The average Bonchev–Trinajstić information content (AvgIpc) is 1.64. The summed E-state index contributed by atoms with van der Waals surface area (Å²) in [4.78, 5) is 0. The van der Waals surface area contributed by atoms with Crippen LogP contribution in [0.5, 0.6) is 0 Å². The molecule has 0 N–H and O–H groups in total. The maximum Gasteiger partial charge on any atom is 0.0181 e. The van der Waals surface area contributed by atoms with E-state index < -0.39 is 19.0 Å². The van der Waals surface area contributed by atoms with Crippen molar-refractivity contribution in [3.8, 4) is 0 Å². The fourth-order valence-corrected chi connectivity index (χ4v) is 6.06. The van der Waals surface area contributed by atoms with Crippen LogP contribution in [0.2, 0.25) is 0 Å². The van der Waals surface area contributed by atoms with Gasteiger partial charge in [-0.25, -0.2) is 0 Å². The Bertz CT molecular complexity index is 71.0. The standard InChI is InChI=1S/C2H7Cl4NS2/c1-2-7(8(3)4)9(5)6/h8-9H,2H2,1H3. The first-order valence-electron chi connectivity index (χ1n) is 2.10. The summed E-state index contributed by atoms with van der Waals surface area (Å²) in [7, 11) is 19.8. The molecule has 0 amide bonds. The van der Waals surface area contributed by atoms with E-state index in [4.69, 9.17) is 42.7 Å². The molecule has 0 spiro atoms. The third kappa shape index (κ3) is 4.30. The van der Waals surface area contributed by atoms with Crippen LogP contribution in [0.1, 0.15) is 6.92 Å². The number of halogens is 4. The van der Waals surface area contributed by atoms with Gasteiger partial charge in [0.2, 0.25) is 0 Å². The zero-order valence-electron chi connectivity index (χ0n) is 4.56. The van der Waals surface area contributed by atoms with Crippen molar-refractivity contribution in [2.24, 2.45) is 0 Å². The molecular formula is C2H7Cl4NS2. The van der Waals surface area contributed by atoms with Crippen LogP contribution in [-0.4, -0.2) is 10.3 Å². The summed E-state index contributed by atoms with van der Waals surface area (Å²) in [5, 5.41) is 0. The summed E-state index contributed by atoms with van der Waals surface area (Å²) in [6.45, 7) is 2.59. The minimum Gasteiger partial charge on any atom is -0.186 e. The Labute approximate surface area is 78.5 Å². The third-order valence-electron chi connectivity index (χ3n) is 0.632. The first-order valence-corrected chi connectivity index (χ1v) is 8.31. The van der Waals surface area contributed by atoms with Crippen LogP contribution < -0.4 is 0 Å². The van der Waals surface area contributed by atoms with Crippen molar-refractivity contribution < 1.29 is 0 Å². The molecule has 0 saturated carbocycles.